The second-order valence-corrected chi connectivity index (χ2v) is 9.32. The molecule has 2 heterocycles. The first kappa shape index (κ1) is 29.7. The number of carbonyl (C=O) groups is 4. The van der Waals surface area contributed by atoms with Gasteiger partial charge in [-0.1, -0.05) is 17.3 Å². The Kier molecular flexibility index (Phi) is 10.2. The summed E-state index contributed by atoms with van der Waals surface area (Å²) in [5.41, 5.74) is -0.210. The van der Waals surface area contributed by atoms with E-state index in [4.69, 9.17) is 23.5 Å². The second-order valence-electron chi connectivity index (χ2n) is 9.32. The summed E-state index contributed by atoms with van der Waals surface area (Å²) in [5.74, 6) is -1.20. The SMILES string of the molecule is COC[C@H](NC(=O)c1cc(C)on1)C(=O)N[C@@H](COC)C(=O)N[C@@H](Cc1ccc(OC)cc1)C(=O)[C@@]1(C)CO1. The van der Waals surface area contributed by atoms with Crippen LogP contribution in [0.15, 0.2) is 34.9 Å². The van der Waals surface area contributed by atoms with Gasteiger partial charge in [0.15, 0.2) is 11.5 Å². The summed E-state index contributed by atoms with van der Waals surface area (Å²) in [5, 5.41) is 11.4. The first-order valence-electron chi connectivity index (χ1n) is 12.2. The molecule has 3 rings (SSSR count). The lowest BCUT2D eigenvalue weighted by Gasteiger charge is -2.25. The fraction of sp³-hybridized carbons (Fsp3) is 0.500. The van der Waals surface area contributed by atoms with Crippen LogP contribution < -0.4 is 20.7 Å². The fourth-order valence-corrected chi connectivity index (χ4v) is 3.78. The molecule has 13 nitrogen and oxygen atoms in total. The predicted molar refractivity (Wildman–Crippen MR) is 136 cm³/mol. The normalized spacial score (nSPS) is 18.4. The van der Waals surface area contributed by atoms with Crippen molar-refractivity contribution in [2.75, 3.05) is 41.2 Å². The van der Waals surface area contributed by atoms with Crippen molar-refractivity contribution in [3.8, 4) is 5.75 Å². The van der Waals surface area contributed by atoms with Gasteiger partial charge >= 0.3 is 0 Å². The lowest BCUT2D eigenvalue weighted by Crippen LogP contribution is -2.59. The van der Waals surface area contributed by atoms with Gasteiger partial charge in [0.1, 0.15) is 29.2 Å². The predicted octanol–water partition coefficient (Wildman–Crippen LogP) is -0.0469. The molecule has 0 saturated carbocycles. The van der Waals surface area contributed by atoms with Crippen LogP contribution in [0.25, 0.3) is 0 Å². The lowest BCUT2D eigenvalue weighted by molar-refractivity contribution is -0.134. The van der Waals surface area contributed by atoms with Gasteiger partial charge in [0.2, 0.25) is 11.8 Å². The van der Waals surface area contributed by atoms with Crippen LogP contribution in [0.4, 0.5) is 0 Å². The van der Waals surface area contributed by atoms with Crippen LogP contribution in [-0.2, 0) is 35.0 Å². The molecule has 3 amide bonds. The minimum atomic E-state index is -1.17. The van der Waals surface area contributed by atoms with Gasteiger partial charge in [-0.25, -0.2) is 0 Å². The standard InChI is InChI=1S/C26H34N4O9/c1-15-10-19(30-39-15)23(32)28-21(13-36-4)25(34)29-20(12-35-3)24(33)27-18(22(31)26(2)14-38-26)11-16-6-8-17(37-5)9-7-16/h6-10,18,20-21H,11-14H2,1-5H3,(H,27,33)(H,28,32)(H,29,34)/t18-,20-,21-,26+/m0/s1. The monoisotopic (exact) mass is 546 g/mol. The maximum atomic E-state index is 13.3. The van der Waals surface area contributed by atoms with Crippen molar-refractivity contribution in [2.24, 2.45) is 0 Å². The molecule has 39 heavy (non-hydrogen) atoms. The first-order chi connectivity index (χ1) is 18.6. The van der Waals surface area contributed by atoms with Gasteiger partial charge in [0, 0.05) is 20.3 Å². The Labute approximate surface area is 225 Å². The number of epoxide rings is 1. The van der Waals surface area contributed by atoms with Crippen molar-refractivity contribution in [3.05, 3.63) is 47.3 Å². The smallest absolute Gasteiger partial charge is 0.274 e. The van der Waals surface area contributed by atoms with E-state index in [0.29, 0.717) is 11.5 Å². The van der Waals surface area contributed by atoms with Crippen LogP contribution >= 0.6 is 0 Å². The fourth-order valence-electron chi connectivity index (χ4n) is 3.78. The minimum absolute atomic E-state index is 0.0109. The molecule has 4 atom stereocenters. The number of aromatic nitrogens is 1. The molecule has 1 aromatic heterocycles. The molecule has 13 heteroatoms. The number of hydrogen-bond donors (Lipinski definition) is 3. The third-order valence-electron chi connectivity index (χ3n) is 6.11. The zero-order valence-electron chi connectivity index (χ0n) is 22.6. The van der Waals surface area contributed by atoms with Crippen molar-refractivity contribution in [3.63, 3.8) is 0 Å². The highest BCUT2D eigenvalue weighted by atomic mass is 16.6. The summed E-state index contributed by atoms with van der Waals surface area (Å²) in [6.45, 7) is 3.17. The summed E-state index contributed by atoms with van der Waals surface area (Å²) < 4.78 is 25.6. The summed E-state index contributed by atoms with van der Waals surface area (Å²) in [6.07, 6.45) is 0.195. The van der Waals surface area contributed by atoms with Crippen LogP contribution in [0.3, 0.4) is 0 Å². The molecule has 0 bridgehead atoms. The van der Waals surface area contributed by atoms with E-state index in [9.17, 15) is 19.2 Å². The lowest BCUT2D eigenvalue weighted by atomic mass is 9.94. The van der Waals surface area contributed by atoms with Crippen LogP contribution in [-0.4, -0.2) is 93.5 Å². The molecule has 1 aliphatic heterocycles. The maximum absolute atomic E-state index is 13.3. The average Bonchev–Trinajstić information content (AvgIpc) is 3.52. The van der Waals surface area contributed by atoms with Gasteiger partial charge < -0.3 is 39.4 Å². The van der Waals surface area contributed by atoms with Crippen molar-refractivity contribution in [1.29, 1.82) is 0 Å². The van der Waals surface area contributed by atoms with Crippen molar-refractivity contribution in [1.82, 2.24) is 21.1 Å². The summed E-state index contributed by atoms with van der Waals surface area (Å²) in [4.78, 5) is 52.0. The third kappa shape index (κ3) is 8.09. The molecule has 1 saturated heterocycles. The Morgan fingerprint density at radius 2 is 1.51 bits per heavy atom. The van der Waals surface area contributed by atoms with Gasteiger partial charge in [-0.05, 0) is 38.0 Å². The molecule has 0 radical (unpaired) electrons. The molecule has 0 aliphatic carbocycles. The Morgan fingerprint density at radius 1 is 0.949 bits per heavy atom. The van der Waals surface area contributed by atoms with Gasteiger partial charge in [-0.2, -0.15) is 0 Å². The van der Waals surface area contributed by atoms with Crippen LogP contribution in [0.1, 0.15) is 28.7 Å². The topological polar surface area (TPSA) is 171 Å². The number of ether oxygens (including phenoxy) is 4. The van der Waals surface area contributed by atoms with Gasteiger partial charge in [0.25, 0.3) is 5.91 Å². The van der Waals surface area contributed by atoms with E-state index in [1.54, 1.807) is 45.2 Å². The van der Waals surface area contributed by atoms with E-state index < -0.39 is 41.4 Å². The largest absolute Gasteiger partial charge is 0.497 e. The quantitative estimate of drug-likeness (QED) is 0.257. The molecule has 3 N–H and O–H groups in total. The summed E-state index contributed by atoms with van der Waals surface area (Å²) in [7, 11) is 4.28. The van der Waals surface area contributed by atoms with Crippen molar-refractivity contribution in [2.45, 2.75) is 44.0 Å². The zero-order valence-corrected chi connectivity index (χ0v) is 22.6. The van der Waals surface area contributed by atoms with Crippen LogP contribution in [0, 0.1) is 6.92 Å². The summed E-state index contributed by atoms with van der Waals surface area (Å²) in [6, 6.07) is 5.27. The Bertz CT molecular complexity index is 1160. The molecule has 0 unspecified atom stereocenters. The Morgan fingerprint density at radius 3 is 2.00 bits per heavy atom. The number of methoxy groups -OCH3 is 3. The number of carbonyl (C=O) groups excluding carboxylic acids is 4. The third-order valence-corrected chi connectivity index (χ3v) is 6.11. The molecular formula is C26H34N4O9. The molecule has 0 spiro atoms. The van der Waals surface area contributed by atoms with E-state index in [1.807, 2.05) is 0 Å². The van der Waals surface area contributed by atoms with E-state index in [0.717, 1.165) is 5.56 Å². The van der Waals surface area contributed by atoms with Crippen molar-refractivity contribution < 1.29 is 42.6 Å². The number of amides is 3. The number of rotatable bonds is 15. The average molecular weight is 547 g/mol. The Balaban J connectivity index is 1.71. The number of benzene rings is 1. The van der Waals surface area contributed by atoms with Gasteiger partial charge in [0.05, 0.1) is 33.0 Å². The van der Waals surface area contributed by atoms with E-state index in [1.165, 1.54) is 20.3 Å². The van der Waals surface area contributed by atoms with Gasteiger partial charge in [-0.15, -0.1) is 0 Å². The number of aryl methyl sites for hydroxylation is 1. The zero-order chi connectivity index (χ0) is 28.6. The molecule has 212 valence electrons. The maximum Gasteiger partial charge on any atom is 0.274 e. The molecule has 2 aromatic rings. The van der Waals surface area contributed by atoms with E-state index in [2.05, 4.69) is 21.1 Å². The van der Waals surface area contributed by atoms with Crippen molar-refractivity contribution >= 4 is 23.5 Å². The number of nitrogens with one attached hydrogen (secondary N) is 3. The molecule has 1 fully saturated rings. The number of hydrogen-bond acceptors (Lipinski definition) is 10. The second kappa shape index (κ2) is 13.3. The highest BCUT2D eigenvalue weighted by Gasteiger charge is 2.50. The number of nitrogens with zero attached hydrogens (tertiary/aromatic N) is 1. The van der Waals surface area contributed by atoms with Crippen LogP contribution in [0.2, 0.25) is 0 Å². The molecular weight excluding hydrogens is 512 g/mol. The molecule has 1 aromatic carbocycles. The van der Waals surface area contributed by atoms with Crippen LogP contribution in [0.5, 0.6) is 5.75 Å². The van der Waals surface area contributed by atoms with Gasteiger partial charge in [-0.3, -0.25) is 19.2 Å². The molecule has 1 aliphatic rings. The Hall–Kier alpha value is -3.81. The highest BCUT2D eigenvalue weighted by molar-refractivity contribution is 5.99. The number of Topliss-reactive ketones (excluding diaryl/α,β-unsaturated/α-hetero) is 1. The number of ketones is 1. The van der Waals surface area contributed by atoms with E-state index in [-0.39, 0.29) is 37.7 Å². The summed E-state index contributed by atoms with van der Waals surface area (Å²) >= 11 is 0. The van der Waals surface area contributed by atoms with E-state index >= 15 is 0 Å². The first-order valence-corrected chi connectivity index (χ1v) is 12.2. The minimum Gasteiger partial charge on any atom is -0.497 e. The highest BCUT2D eigenvalue weighted by Crippen LogP contribution is 2.29.